The van der Waals surface area contributed by atoms with Gasteiger partial charge in [0.05, 0.1) is 11.7 Å². The van der Waals surface area contributed by atoms with Gasteiger partial charge < -0.3 is 10.6 Å². The Labute approximate surface area is 133 Å². The van der Waals surface area contributed by atoms with E-state index in [9.17, 15) is 13.2 Å². The molecule has 1 unspecified atom stereocenters. The van der Waals surface area contributed by atoms with Crippen LogP contribution in [0.4, 0.5) is 0 Å². The minimum atomic E-state index is -3.18. The van der Waals surface area contributed by atoms with E-state index < -0.39 is 10.0 Å². The second-order valence-corrected chi connectivity index (χ2v) is 7.91. The normalized spacial score (nSPS) is 27.7. The summed E-state index contributed by atoms with van der Waals surface area (Å²) in [5, 5.41) is 6.32. The zero-order chi connectivity index (χ0) is 14.6. The molecule has 2 aliphatic heterocycles. The molecule has 2 fully saturated rings. The van der Waals surface area contributed by atoms with Crippen molar-refractivity contribution in [1.29, 1.82) is 0 Å². The predicted molar refractivity (Wildman–Crippen MR) is 85.0 cm³/mol. The smallest absolute Gasteiger partial charge is 0.224 e. The summed E-state index contributed by atoms with van der Waals surface area (Å²) in [7, 11) is -3.18. The fraction of sp³-hybridized carbons (Fsp3) is 0.923. The number of hydrogen-bond acceptors (Lipinski definition) is 4. The number of nitrogens with zero attached hydrogens (tertiary/aromatic N) is 1. The molecule has 2 rings (SSSR count). The summed E-state index contributed by atoms with van der Waals surface area (Å²) in [5.41, 5.74) is 0. The molecular weight excluding hydrogens is 314 g/mol. The highest BCUT2D eigenvalue weighted by atomic mass is 35.5. The molecule has 2 N–H and O–H groups in total. The van der Waals surface area contributed by atoms with Gasteiger partial charge in [0.1, 0.15) is 0 Å². The first-order chi connectivity index (χ1) is 9.53. The first-order valence-corrected chi connectivity index (χ1v) is 9.12. The summed E-state index contributed by atoms with van der Waals surface area (Å²) in [5.74, 6) is -0.0878. The molecular formula is C13H26ClN3O3S. The van der Waals surface area contributed by atoms with Gasteiger partial charge in [-0.15, -0.1) is 12.4 Å². The Kier molecular flexibility index (Phi) is 7.39. The summed E-state index contributed by atoms with van der Waals surface area (Å²) >= 11 is 0. The quantitative estimate of drug-likeness (QED) is 0.774. The molecule has 2 saturated heterocycles. The van der Waals surface area contributed by atoms with Crippen LogP contribution in [0.3, 0.4) is 0 Å². The standard InChI is InChI=1S/C13H25N3O3S.ClH/c1-2-20(18,19)16-8-4-5-11(10-16)13(17)15-12-6-3-7-14-9-12;/h11-12,14H,2-10H2,1H3,(H,15,17);1H/t11?,12-;/m0./s1. The van der Waals surface area contributed by atoms with E-state index in [-0.39, 0.29) is 36.0 Å². The molecule has 8 heteroatoms. The maximum Gasteiger partial charge on any atom is 0.224 e. The average Bonchev–Trinajstić information content (AvgIpc) is 2.48. The van der Waals surface area contributed by atoms with Crippen molar-refractivity contribution in [1.82, 2.24) is 14.9 Å². The third-order valence-electron chi connectivity index (χ3n) is 4.16. The van der Waals surface area contributed by atoms with Crippen molar-refractivity contribution in [3.05, 3.63) is 0 Å². The summed E-state index contributed by atoms with van der Waals surface area (Å²) in [6.07, 6.45) is 3.62. The lowest BCUT2D eigenvalue weighted by Gasteiger charge is -2.32. The van der Waals surface area contributed by atoms with Crippen LogP contribution in [-0.2, 0) is 14.8 Å². The van der Waals surface area contributed by atoms with Crippen LogP contribution in [-0.4, -0.2) is 56.6 Å². The second kappa shape index (κ2) is 8.31. The van der Waals surface area contributed by atoms with Crippen molar-refractivity contribution in [2.24, 2.45) is 5.92 Å². The van der Waals surface area contributed by atoms with E-state index in [0.717, 1.165) is 38.8 Å². The monoisotopic (exact) mass is 339 g/mol. The molecule has 21 heavy (non-hydrogen) atoms. The van der Waals surface area contributed by atoms with Crippen LogP contribution in [0.1, 0.15) is 32.6 Å². The van der Waals surface area contributed by atoms with Gasteiger partial charge in [-0.25, -0.2) is 12.7 Å². The highest BCUT2D eigenvalue weighted by Gasteiger charge is 2.32. The molecule has 0 saturated carbocycles. The minimum Gasteiger partial charge on any atom is -0.352 e. The van der Waals surface area contributed by atoms with E-state index in [0.29, 0.717) is 13.1 Å². The lowest BCUT2D eigenvalue weighted by molar-refractivity contribution is -0.126. The number of rotatable bonds is 4. The van der Waals surface area contributed by atoms with Crippen molar-refractivity contribution >= 4 is 28.3 Å². The largest absolute Gasteiger partial charge is 0.352 e. The third kappa shape index (κ3) is 5.09. The molecule has 2 aliphatic rings. The molecule has 1 amide bonds. The van der Waals surface area contributed by atoms with E-state index in [4.69, 9.17) is 0 Å². The molecule has 0 aromatic carbocycles. The summed E-state index contributed by atoms with van der Waals surface area (Å²) in [6.45, 7) is 4.35. The second-order valence-electron chi connectivity index (χ2n) is 5.65. The predicted octanol–water partition coefficient (Wildman–Crippen LogP) is 0.338. The molecule has 0 aromatic heterocycles. The van der Waals surface area contributed by atoms with Gasteiger partial charge in [-0.1, -0.05) is 0 Å². The Hall–Kier alpha value is -0.370. The first kappa shape index (κ1) is 18.7. The van der Waals surface area contributed by atoms with Crippen LogP contribution in [0.5, 0.6) is 0 Å². The fourth-order valence-electron chi connectivity index (χ4n) is 2.89. The molecule has 124 valence electrons. The Morgan fingerprint density at radius 1 is 1.33 bits per heavy atom. The number of amides is 1. The molecule has 0 radical (unpaired) electrons. The van der Waals surface area contributed by atoms with Crippen LogP contribution in [0.15, 0.2) is 0 Å². The van der Waals surface area contributed by atoms with Gasteiger partial charge in [-0.3, -0.25) is 4.79 Å². The fourth-order valence-corrected chi connectivity index (χ4v) is 4.07. The van der Waals surface area contributed by atoms with Crippen molar-refractivity contribution < 1.29 is 13.2 Å². The van der Waals surface area contributed by atoms with E-state index >= 15 is 0 Å². The average molecular weight is 340 g/mol. The van der Waals surface area contributed by atoms with Crippen molar-refractivity contribution in [2.45, 2.75) is 38.6 Å². The van der Waals surface area contributed by atoms with Gasteiger partial charge in [0, 0.05) is 25.7 Å². The number of piperidine rings is 2. The van der Waals surface area contributed by atoms with Crippen molar-refractivity contribution in [3.63, 3.8) is 0 Å². The van der Waals surface area contributed by atoms with E-state index in [1.54, 1.807) is 6.92 Å². The first-order valence-electron chi connectivity index (χ1n) is 7.52. The number of halogens is 1. The van der Waals surface area contributed by atoms with Gasteiger partial charge >= 0.3 is 0 Å². The zero-order valence-corrected chi connectivity index (χ0v) is 14.1. The van der Waals surface area contributed by atoms with E-state index in [2.05, 4.69) is 10.6 Å². The van der Waals surface area contributed by atoms with Crippen LogP contribution in [0.25, 0.3) is 0 Å². The Morgan fingerprint density at radius 3 is 2.71 bits per heavy atom. The zero-order valence-electron chi connectivity index (χ0n) is 12.5. The molecule has 2 atom stereocenters. The van der Waals surface area contributed by atoms with Crippen LogP contribution in [0.2, 0.25) is 0 Å². The molecule has 0 bridgehead atoms. The molecule has 2 heterocycles. The van der Waals surface area contributed by atoms with Crippen molar-refractivity contribution in [2.75, 3.05) is 31.9 Å². The number of nitrogens with one attached hydrogen (secondary N) is 2. The third-order valence-corrected chi connectivity index (χ3v) is 6.00. The van der Waals surface area contributed by atoms with E-state index in [1.807, 2.05) is 0 Å². The van der Waals surface area contributed by atoms with E-state index in [1.165, 1.54) is 4.31 Å². The molecule has 0 aromatic rings. The molecule has 0 aliphatic carbocycles. The van der Waals surface area contributed by atoms with Crippen molar-refractivity contribution in [3.8, 4) is 0 Å². The highest BCUT2D eigenvalue weighted by molar-refractivity contribution is 7.89. The topological polar surface area (TPSA) is 78.5 Å². The van der Waals surface area contributed by atoms with Crippen LogP contribution in [0, 0.1) is 5.92 Å². The maximum atomic E-state index is 12.3. The summed E-state index contributed by atoms with van der Waals surface area (Å²) in [6, 6.07) is 0.189. The van der Waals surface area contributed by atoms with Crippen LogP contribution < -0.4 is 10.6 Å². The highest BCUT2D eigenvalue weighted by Crippen LogP contribution is 2.20. The number of hydrogen-bond donors (Lipinski definition) is 2. The lowest BCUT2D eigenvalue weighted by atomic mass is 9.97. The van der Waals surface area contributed by atoms with Crippen LogP contribution >= 0.6 is 12.4 Å². The van der Waals surface area contributed by atoms with Gasteiger partial charge in [-0.2, -0.15) is 0 Å². The summed E-state index contributed by atoms with van der Waals surface area (Å²) in [4.78, 5) is 12.3. The van der Waals surface area contributed by atoms with Gasteiger partial charge in [0.15, 0.2) is 0 Å². The summed E-state index contributed by atoms with van der Waals surface area (Å²) < 4.78 is 25.3. The van der Waals surface area contributed by atoms with Gasteiger partial charge in [-0.05, 0) is 39.2 Å². The molecule has 0 spiro atoms. The molecule has 6 nitrogen and oxygen atoms in total. The Bertz CT molecular complexity index is 438. The van der Waals surface area contributed by atoms with Gasteiger partial charge in [0.25, 0.3) is 0 Å². The minimum absolute atomic E-state index is 0. The number of carbonyl (C=O) groups excluding carboxylic acids is 1. The maximum absolute atomic E-state index is 12.3. The number of sulfonamides is 1. The SMILES string of the molecule is CCS(=O)(=O)N1CCCC(C(=O)N[C@H]2CCCNC2)C1.Cl. The lowest BCUT2D eigenvalue weighted by Crippen LogP contribution is -2.51. The van der Waals surface area contributed by atoms with Gasteiger partial charge in [0.2, 0.25) is 15.9 Å². The Balaban J connectivity index is 0.00000220. The number of carbonyl (C=O) groups is 1. The Morgan fingerprint density at radius 2 is 2.10 bits per heavy atom.